The number of anilines is 1. The Morgan fingerprint density at radius 2 is 1.96 bits per heavy atom. The largest absolute Gasteiger partial charge is 0.326 e. The second kappa shape index (κ2) is 6.68. The van der Waals surface area contributed by atoms with E-state index < -0.39 is 0 Å². The van der Waals surface area contributed by atoms with Crippen LogP contribution in [0.25, 0.3) is 16.9 Å². The highest BCUT2D eigenvalue weighted by molar-refractivity contribution is 5.92. The number of carbonyl (C=O) groups excluding carboxylic acids is 1. The lowest BCUT2D eigenvalue weighted by atomic mass is 10.1. The summed E-state index contributed by atoms with van der Waals surface area (Å²) in [5.74, 6) is 0.804. The zero-order chi connectivity index (χ0) is 18.1. The topological polar surface area (TPSA) is 78.3 Å². The number of amides is 1. The van der Waals surface area contributed by atoms with Crippen LogP contribution < -0.4 is 5.32 Å². The normalized spacial score (nSPS) is 12.9. The van der Waals surface area contributed by atoms with Gasteiger partial charge in [-0.3, -0.25) is 14.8 Å². The summed E-state index contributed by atoms with van der Waals surface area (Å²) in [6.07, 6.45) is 0. The maximum absolute atomic E-state index is 11.9. The highest BCUT2D eigenvalue weighted by atomic mass is 16.1. The molecular formula is C18H24N6O. The van der Waals surface area contributed by atoms with Gasteiger partial charge in [-0.2, -0.15) is 0 Å². The molecule has 0 aliphatic carbocycles. The molecule has 7 nitrogen and oxygen atoms in total. The predicted molar refractivity (Wildman–Crippen MR) is 98.3 cm³/mol. The molecule has 0 fully saturated rings. The van der Waals surface area contributed by atoms with Gasteiger partial charge in [0.25, 0.3) is 0 Å². The summed E-state index contributed by atoms with van der Waals surface area (Å²) < 4.78 is 1.90. The number of hydrogen-bond acceptors (Lipinski definition) is 4. The van der Waals surface area contributed by atoms with Crippen LogP contribution in [0.3, 0.4) is 0 Å². The third-order valence-electron chi connectivity index (χ3n) is 4.33. The van der Waals surface area contributed by atoms with E-state index in [4.69, 9.17) is 0 Å². The first-order valence-electron chi connectivity index (χ1n) is 8.38. The number of fused-ring (bicyclic) bond motifs is 1. The fraction of sp³-hybridized carbons (Fsp3) is 0.389. The number of carbonyl (C=O) groups is 1. The lowest BCUT2D eigenvalue weighted by Gasteiger charge is -2.16. The zero-order valence-electron chi connectivity index (χ0n) is 15.2. The van der Waals surface area contributed by atoms with Crippen molar-refractivity contribution >= 4 is 17.2 Å². The van der Waals surface area contributed by atoms with E-state index in [2.05, 4.69) is 32.4 Å². The van der Waals surface area contributed by atoms with Gasteiger partial charge in [-0.25, -0.2) is 4.52 Å². The lowest BCUT2D eigenvalue weighted by molar-refractivity contribution is -0.118. The molecule has 1 aromatic carbocycles. The molecule has 1 unspecified atom stereocenters. The molecule has 0 saturated heterocycles. The average Bonchev–Trinajstić information content (AvgIpc) is 3.14. The van der Waals surface area contributed by atoms with Gasteiger partial charge in [0, 0.05) is 23.2 Å². The summed E-state index contributed by atoms with van der Waals surface area (Å²) in [7, 11) is 4.02. The van der Waals surface area contributed by atoms with Crippen LogP contribution in [0, 0.1) is 5.92 Å². The first-order valence-corrected chi connectivity index (χ1v) is 8.38. The molecule has 0 saturated carbocycles. The molecule has 0 spiro atoms. The monoisotopic (exact) mass is 340 g/mol. The lowest BCUT2D eigenvalue weighted by Crippen LogP contribution is -2.19. The minimum Gasteiger partial charge on any atom is -0.326 e. The molecule has 2 aromatic heterocycles. The first kappa shape index (κ1) is 17.2. The summed E-state index contributed by atoms with van der Waals surface area (Å²) in [6.45, 7) is 5.83. The first-order chi connectivity index (χ1) is 11.9. The molecule has 132 valence electrons. The molecule has 0 bridgehead atoms. The van der Waals surface area contributed by atoms with Crippen molar-refractivity contribution in [3.8, 4) is 11.3 Å². The molecule has 0 aliphatic rings. The van der Waals surface area contributed by atoms with E-state index in [1.54, 1.807) is 0 Å². The third kappa shape index (κ3) is 3.41. The maximum Gasteiger partial charge on any atom is 0.226 e. The summed E-state index contributed by atoms with van der Waals surface area (Å²) >= 11 is 0. The van der Waals surface area contributed by atoms with Crippen molar-refractivity contribution in [3.63, 3.8) is 0 Å². The Bertz CT molecular complexity index is 892. The molecule has 3 aromatic rings. The van der Waals surface area contributed by atoms with Gasteiger partial charge in [-0.1, -0.05) is 26.0 Å². The SMILES string of the molecule is CC(C)C(=O)Nc1cccc(-c2cc3nnc(C(C)N(C)C)n3[nH]2)c1. The van der Waals surface area contributed by atoms with Crippen molar-refractivity contribution in [2.24, 2.45) is 5.92 Å². The predicted octanol–water partition coefficient (Wildman–Crippen LogP) is 2.94. The van der Waals surface area contributed by atoms with Gasteiger partial charge in [0.15, 0.2) is 11.5 Å². The number of nitrogens with zero attached hydrogens (tertiary/aromatic N) is 4. The standard InChI is InChI=1S/C18H24N6O/c1-11(2)18(25)19-14-8-6-7-13(9-14)15-10-16-20-21-17(24(16)22-15)12(3)23(4)5/h6-12,22H,1-5H3,(H,19,25). The van der Waals surface area contributed by atoms with Gasteiger partial charge in [0.05, 0.1) is 11.7 Å². The zero-order valence-corrected chi connectivity index (χ0v) is 15.2. The Hall–Kier alpha value is -2.67. The van der Waals surface area contributed by atoms with Crippen molar-refractivity contribution in [1.29, 1.82) is 0 Å². The molecule has 2 heterocycles. The number of benzene rings is 1. The van der Waals surface area contributed by atoms with Crippen molar-refractivity contribution in [2.75, 3.05) is 19.4 Å². The van der Waals surface area contributed by atoms with Crippen LogP contribution in [-0.2, 0) is 4.79 Å². The van der Waals surface area contributed by atoms with Crippen LogP contribution in [0.5, 0.6) is 0 Å². The fourth-order valence-corrected chi connectivity index (χ4v) is 2.50. The van der Waals surface area contributed by atoms with Gasteiger partial charge < -0.3 is 5.32 Å². The van der Waals surface area contributed by atoms with E-state index in [0.29, 0.717) is 0 Å². The summed E-state index contributed by atoms with van der Waals surface area (Å²) in [4.78, 5) is 14.0. The Kier molecular flexibility index (Phi) is 4.59. The van der Waals surface area contributed by atoms with E-state index in [0.717, 1.165) is 28.4 Å². The minimum atomic E-state index is -0.0569. The number of rotatable bonds is 5. The number of aromatic amines is 1. The minimum absolute atomic E-state index is 0.00438. The second-order valence-corrected chi connectivity index (χ2v) is 6.79. The molecule has 25 heavy (non-hydrogen) atoms. The number of aromatic nitrogens is 4. The molecule has 1 atom stereocenters. The molecule has 1 amide bonds. The highest BCUT2D eigenvalue weighted by Crippen LogP contribution is 2.24. The van der Waals surface area contributed by atoms with Crippen LogP contribution in [0.2, 0.25) is 0 Å². The molecule has 0 aliphatic heterocycles. The number of H-pyrrole nitrogens is 1. The molecule has 0 radical (unpaired) electrons. The van der Waals surface area contributed by atoms with Crippen LogP contribution in [0.4, 0.5) is 5.69 Å². The van der Waals surface area contributed by atoms with Gasteiger partial charge in [-0.15, -0.1) is 10.2 Å². The van der Waals surface area contributed by atoms with E-state index in [1.807, 2.05) is 62.8 Å². The molecule has 2 N–H and O–H groups in total. The van der Waals surface area contributed by atoms with E-state index in [-0.39, 0.29) is 17.9 Å². The smallest absolute Gasteiger partial charge is 0.226 e. The molecule has 7 heteroatoms. The van der Waals surface area contributed by atoms with E-state index in [9.17, 15) is 4.79 Å². The molecular weight excluding hydrogens is 316 g/mol. The summed E-state index contributed by atoms with van der Waals surface area (Å²) in [5.41, 5.74) is 3.46. The Labute approximate surface area is 147 Å². The van der Waals surface area contributed by atoms with E-state index in [1.165, 1.54) is 0 Å². The van der Waals surface area contributed by atoms with Crippen molar-refractivity contribution < 1.29 is 4.79 Å². The van der Waals surface area contributed by atoms with Gasteiger partial charge in [0.1, 0.15) is 0 Å². The van der Waals surface area contributed by atoms with Crippen LogP contribution in [-0.4, -0.2) is 44.7 Å². The molecule has 3 rings (SSSR count). The van der Waals surface area contributed by atoms with Gasteiger partial charge in [0.2, 0.25) is 5.91 Å². The van der Waals surface area contributed by atoms with E-state index >= 15 is 0 Å². The number of hydrogen-bond donors (Lipinski definition) is 2. The van der Waals surface area contributed by atoms with Crippen LogP contribution in [0.1, 0.15) is 32.6 Å². The van der Waals surface area contributed by atoms with Crippen molar-refractivity contribution in [1.82, 2.24) is 24.7 Å². The van der Waals surface area contributed by atoms with Crippen LogP contribution >= 0.6 is 0 Å². The van der Waals surface area contributed by atoms with Crippen LogP contribution in [0.15, 0.2) is 30.3 Å². The Morgan fingerprint density at radius 1 is 1.20 bits per heavy atom. The Morgan fingerprint density at radius 3 is 2.64 bits per heavy atom. The third-order valence-corrected chi connectivity index (χ3v) is 4.33. The quantitative estimate of drug-likeness (QED) is 0.748. The fourth-order valence-electron chi connectivity index (χ4n) is 2.50. The van der Waals surface area contributed by atoms with Gasteiger partial charge >= 0.3 is 0 Å². The number of nitrogens with one attached hydrogen (secondary N) is 2. The van der Waals surface area contributed by atoms with Crippen molar-refractivity contribution in [3.05, 3.63) is 36.2 Å². The maximum atomic E-state index is 11.9. The highest BCUT2D eigenvalue weighted by Gasteiger charge is 2.17. The summed E-state index contributed by atoms with van der Waals surface area (Å²) in [6, 6.07) is 9.86. The van der Waals surface area contributed by atoms with Crippen molar-refractivity contribution in [2.45, 2.75) is 26.8 Å². The van der Waals surface area contributed by atoms with Gasteiger partial charge in [-0.05, 0) is 33.2 Å². The second-order valence-electron chi connectivity index (χ2n) is 6.79. The summed E-state index contributed by atoms with van der Waals surface area (Å²) in [5, 5.41) is 14.8. The Balaban J connectivity index is 1.93. The average molecular weight is 340 g/mol.